The molecule has 81 heavy (non-hydrogen) atoms. The first-order chi connectivity index (χ1) is 40.0. The van der Waals surface area contributed by atoms with Crippen molar-refractivity contribution in [1.82, 2.24) is 0 Å². The fourth-order valence-corrected chi connectivity index (χ4v) is 11.1. The Labute approximate surface area is 506 Å². The Balaban J connectivity index is 4.05. The first-order valence-electron chi connectivity index (χ1n) is 36.5. The van der Waals surface area contributed by atoms with E-state index >= 15 is 0 Å². The third-order valence-corrected chi connectivity index (χ3v) is 16.6. The van der Waals surface area contributed by atoms with E-state index in [-0.39, 0.29) is 31.1 Å². The predicted molar refractivity (Wildman–Crippen MR) is 353 cm³/mol. The maximum atomic E-state index is 12.9. The van der Waals surface area contributed by atoms with Gasteiger partial charge in [-0.05, 0) is 77.0 Å². The van der Waals surface area contributed by atoms with Crippen LogP contribution in [0.2, 0.25) is 0 Å². The van der Waals surface area contributed by atoms with Crippen LogP contribution in [0.15, 0.2) is 36.5 Å². The molecule has 476 valence electrons. The summed E-state index contributed by atoms with van der Waals surface area (Å²) in [6.45, 7) is 6.68. The molecule has 0 saturated heterocycles. The summed E-state index contributed by atoms with van der Waals surface area (Å²) in [4.78, 5) is 38.3. The van der Waals surface area contributed by atoms with Gasteiger partial charge in [-0.1, -0.05) is 346 Å². The zero-order valence-corrected chi connectivity index (χ0v) is 54.8. The number of rotatable bonds is 68. The molecule has 0 amide bonds. The molecule has 0 aromatic carbocycles. The minimum Gasteiger partial charge on any atom is -0.462 e. The fraction of sp³-hybridized carbons (Fsp3) is 0.880. The van der Waals surface area contributed by atoms with E-state index in [1.807, 2.05) is 0 Å². The van der Waals surface area contributed by atoms with Gasteiger partial charge in [0.2, 0.25) is 0 Å². The standard InChI is InChI=1S/C75H140O6/c1-4-7-10-13-16-19-22-25-27-28-29-30-31-32-33-34-35-36-37-38-39-40-41-42-43-44-45-46-48-50-53-56-59-62-65-68-74(77)80-71-72(70-79-73(76)67-64-61-58-55-52-49-24-21-18-15-12-9-6-3)81-75(78)69-66-63-60-57-54-51-47-26-23-20-17-14-11-8-5-2/h22,25-26,28-29,47,72H,4-21,23-24,27,30-46,48-71H2,1-3H3/b25-22-,29-28-,47-26-. The Hall–Kier alpha value is -2.37. The molecule has 0 fully saturated rings. The molecule has 0 aromatic rings. The van der Waals surface area contributed by atoms with Crippen LogP contribution in [0.3, 0.4) is 0 Å². The zero-order valence-electron chi connectivity index (χ0n) is 54.8. The normalized spacial score (nSPS) is 12.2. The minimum absolute atomic E-state index is 0.0689. The van der Waals surface area contributed by atoms with E-state index in [0.29, 0.717) is 19.3 Å². The van der Waals surface area contributed by atoms with Crippen LogP contribution in [-0.2, 0) is 28.6 Å². The minimum atomic E-state index is -0.772. The number of ether oxygens (including phenoxy) is 3. The molecule has 0 aliphatic rings. The van der Waals surface area contributed by atoms with Gasteiger partial charge in [0, 0.05) is 19.3 Å². The molecule has 0 heterocycles. The average molecular weight is 1140 g/mol. The number of unbranched alkanes of at least 4 members (excludes halogenated alkanes) is 51. The van der Waals surface area contributed by atoms with Crippen LogP contribution < -0.4 is 0 Å². The lowest BCUT2D eigenvalue weighted by Crippen LogP contribution is -2.30. The van der Waals surface area contributed by atoms with Gasteiger partial charge < -0.3 is 14.2 Å². The highest BCUT2D eigenvalue weighted by molar-refractivity contribution is 5.71. The lowest BCUT2D eigenvalue weighted by atomic mass is 10.0. The van der Waals surface area contributed by atoms with Crippen molar-refractivity contribution in [3.63, 3.8) is 0 Å². The number of carbonyl (C=O) groups excluding carboxylic acids is 3. The molecule has 6 nitrogen and oxygen atoms in total. The largest absolute Gasteiger partial charge is 0.462 e. The average Bonchev–Trinajstić information content (AvgIpc) is 3.46. The van der Waals surface area contributed by atoms with Crippen LogP contribution in [-0.4, -0.2) is 37.2 Å². The second-order valence-electron chi connectivity index (χ2n) is 24.9. The lowest BCUT2D eigenvalue weighted by Gasteiger charge is -2.18. The quantitative estimate of drug-likeness (QED) is 0.0261. The third kappa shape index (κ3) is 68.3. The second-order valence-corrected chi connectivity index (χ2v) is 24.9. The van der Waals surface area contributed by atoms with Crippen molar-refractivity contribution in [2.24, 2.45) is 0 Å². The van der Waals surface area contributed by atoms with Gasteiger partial charge in [-0.2, -0.15) is 0 Å². The van der Waals surface area contributed by atoms with Crippen molar-refractivity contribution < 1.29 is 28.6 Å². The lowest BCUT2D eigenvalue weighted by molar-refractivity contribution is -0.167. The Kier molecular flexibility index (Phi) is 68.1. The summed E-state index contributed by atoms with van der Waals surface area (Å²) in [6.07, 6.45) is 87.7. The van der Waals surface area contributed by atoms with Gasteiger partial charge in [-0.25, -0.2) is 0 Å². The first-order valence-corrected chi connectivity index (χ1v) is 36.5. The van der Waals surface area contributed by atoms with E-state index in [4.69, 9.17) is 14.2 Å². The molecular formula is C75H140O6. The third-order valence-electron chi connectivity index (χ3n) is 16.6. The number of carbonyl (C=O) groups is 3. The molecule has 1 atom stereocenters. The Morgan fingerprint density at radius 2 is 0.444 bits per heavy atom. The van der Waals surface area contributed by atoms with Gasteiger partial charge in [-0.15, -0.1) is 0 Å². The number of hydrogen-bond donors (Lipinski definition) is 0. The summed E-state index contributed by atoms with van der Waals surface area (Å²) in [6, 6.07) is 0. The highest BCUT2D eigenvalue weighted by Crippen LogP contribution is 2.19. The van der Waals surface area contributed by atoms with Crippen LogP contribution >= 0.6 is 0 Å². The Morgan fingerprint density at radius 1 is 0.247 bits per heavy atom. The van der Waals surface area contributed by atoms with Crippen LogP contribution in [0.1, 0.15) is 406 Å². The molecule has 0 rings (SSSR count). The van der Waals surface area contributed by atoms with Crippen molar-refractivity contribution in [3.05, 3.63) is 36.5 Å². The molecule has 0 bridgehead atoms. The Bertz CT molecular complexity index is 1350. The summed E-state index contributed by atoms with van der Waals surface area (Å²) in [5.41, 5.74) is 0. The van der Waals surface area contributed by atoms with Crippen LogP contribution in [0, 0.1) is 0 Å². The zero-order chi connectivity index (χ0) is 58.5. The van der Waals surface area contributed by atoms with Gasteiger partial charge in [0.15, 0.2) is 6.10 Å². The van der Waals surface area contributed by atoms with E-state index in [1.54, 1.807) is 0 Å². The number of hydrogen-bond acceptors (Lipinski definition) is 6. The molecule has 6 heteroatoms. The summed E-state index contributed by atoms with van der Waals surface area (Å²) in [5.74, 6) is -0.848. The van der Waals surface area contributed by atoms with Crippen LogP contribution in [0.4, 0.5) is 0 Å². The smallest absolute Gasteiger partial charge is 0.306 e. The van der Waals surface area contributed by atoms with E-state index in [2.05, 4.69) is 57.2 Å². The highest BCUT2D eigenvalue weighted by atomic mass is 16.6. The summed E-state index contributed by atoms with van der Waals surface area (Å²) in [5, 5.41) is 0. The maximum Gasteiger partial charge on any atom is 0.306 e. The molecule has 1 unspecified atom stereocenters. The summed E-state index contributed by atoms with van der Waals surface area (Å²) < 4.78 is 17.0. The maximum absolute atomic E-state index is 12.9. The van der Waals surface area contributed by atoms with Crippen molar-refractivity contribution in [2.45, 2.75) is 412 Å². The van der Waals surface area contributed by atoms with Gasteiger partial charge in [0.05, 0.1) is 0 Å². The second kappa shape index (κ2) is 70.1. The molecular weight excluding hydrogens is 997 g/mol. The SMILES string of the molecule is CCCCCCC/C=C\C/C=C\CCCCCCCCCCCCCCCCCCCCCCCCCC(=O)OCC(COC(=O)CCCCCCCCCCCCCCC)OC(=O)CCCCCCC/C=C\CCCCCCCC. The van der Waals surface area contributed by atoms with Crippen molar-refractivity contribution >= 4 is 17.9 Å². The highest BCUT2D eigenvalue weighted by Gasteiger charge is 2.19. The molecule has 0 aliphatic heterocycles. The number of allylic oxidation sites excluding steroid dienone is 6. The summed E-state index contributed by atoms with van der Waals surface area (Å²) in [7, 11) is 0. The van der Waals surface area contributed by atoms with Gasteiger partial charge in [0.25, 0.3) is 0 Å². The van der Waals surface area contributed by atoms with Crippen molar-refractivity contribution in [3.8, 4) is 0 Å². The monoisotopic (exact) mass is 1140 g/mol. The molecule has 0 saturated carbocycles. The van der Waals surface area contributed by atoms with Crippen LogP contribution in [0.5, 0.6) is 0 Å². The number of esters is 3. The molecule has 0 aliphatic carbocycles. The summed E-state index contributed by atoms with van der Waals surface area (Å²) >= 11 is 0. The molecule has 0 radical (unpaired) electrons. The van der Waals surface area contributed by atoms with Crippen molar-refractivity contribution in [2.75, 3.05) is 13.2 Å². The molecule has 0 aromatic heterocycles. The fourth-order valence-electron chi connectivity index (χ4n) is 11.1. The van der Waals surface area contributed by atoms with Gasteiger partial charge >= 0.3 is 17.9 Å². The predicted octanol–water partition coefficient (Wildman–Crippen LogP) is 25.1. The van der Waals surface area contributed by atoms with Crippen LogP contribution in [0.25, 0.3) is 0 Å². The van der Waals surface area contributed by atoms with E-state index in [1.165, 1.54) is 295 Å². The van der Waals surface area contributed by atoms with E-state index < -0.39 is 6.10 Å². The van der Waals surface area contributed by atoms with E-state index in [0.717, 1.165) is 70.6 Å². The Morgan fingerprint density at radius 3 is 0.691 bits per heavy atom. The van der Waals surface area contributed by atoms with Crippen molar-refractivity contribution in [1.29, 1.82) is 0 Å². The van der Waals surface area contributed by atoms with Gasteiger partial charge in [0.1, 0.15) is 13.2 Å². The van der Waals surface area contributed by atoms with E-state index in [9.17, 15) is 14.4 Å². The molecule has 0 N–H and O–H groups in total. The van der Waals surface area contributed by atoms with Gasteiger partial charge in [-0.3, -0.25) is 14.4 Å². The molecule has 0 spiro atoms. The topological polar surface area (TPSA) is 78.9 Å². The first kappa shape index (κ1) is 78.6.